The van der Waals surface area contributed by atoms with Gasteiger partial charge in [-0.15, -0.1) is 13.2 Å². The molecular weight excluding hydrogens is 584 g/mol. The van der Waals surface area contributed by atoms with E-state index in [1.54, 1.807) is 16.8 Å². The van der Waals surface area contributed by atoms with E-state index in [1.165, 1.54) is 36.4 Å². The van der Waals surface area contributed by atoms with Crippen molar-refractivity contribution < 1.29 is 31.8 Å². The molecule has 0 atom stereocenters. The first-order valence-electron chi connectivity index (χ1n) is 14.0. The highest BCUT2D eigenvalue weighted by Crippen LogP contribution is 2.37. The van der Waals surface area contributed by atoms with Crippen molar-refractivity contribution in [2.24, 2.45) is 0 Å². The van der Waals surface area contributed by atoms with Crippen molar-refractivity contribution in [1.29, 1.82) is 0 Å². The van der Waals surface area contributed by atoms with Crippen LogP contribution >= 0.6 is 0 Å². The van der Waals surface area contributed by atoms with Gasteiger partial charge in [0.2, 0.25) is 0 Å². The lowest BCUT2D eigenvalue weighted by Crippen LogP contribution is -2.17. The summed E-state index contributed by atoms with van der Waals surface area (Å²) < 4.78 is 70.1. The van der Waals surface area contributed by atoms with Gasteiger partial charge in [0, 0.05) is 11.1 Å². The van der Waals surface area contributed by atoms with E-state index in [9.17, 15) is 17.6 Å². The molecule has 0 N–H and O–H groups in total. The van der Waals surface area contributed by atoms with Gasteiger partial charge in [-0.3, -0.25) is 0 Å². The van der Waals surface area contributed by atoms with Gasteiger partial charge < -0.3 is 14.2 Å². The summed E-state index contributed by atoms with van der Waals surface area (Å²) in [6, 6.07) is 38.1. The van der Waals surface area contributed by atoms with Crippen molar-refractivity contribution in [3.05, 3.63) is 150 Å². The maximum Gasteiger partial charge on any atom is 0.573 e. The second-order valence-electron chi connectivity index (χ2n) is 10.1. The lowest BCUT2D eigenvalue weighted by Gasteiger charge is -2.15. The summed E-state index contributed by atoms with van der Waals surface area (Å²) in [6.45, 7) is 0.633. The van der Waals surface area contributed by atoms with Crippen LogP contribution in [-0.2, 0) is 13.2 Å². The summed E-state index contributed by atoms with van der Waals surface area (Å²) in [5.41, 5.74) is 4.99. The van der Waals surface area contributed by atoms with E-state index in [1.807, 2.05) is 84.9 Å². The smallest absolute Gasteiger partial charge is 0.485 e. The van der Waals surface area contributed by atoms with Crippen molar-refractivity contribution in [2.75, 3.05) is 0 Å². The predicted octanol–water partition coefficient (Wildman–Crippen LogP) is 9.40. The minimum Gasteiger partial charge on any atom is -0.485 e. The Balaban J connectivity index is 1.39. The molecule has 45 heavy (non-hydrogen) atoms. The zero-order valence-electron chi connectivity index (χ0n) is 23.7. The Morgan fingerprint density at radius 3 is 1.78 bits per heavy atom. The fourth-order valence-electron chi connectivity index (χ4n) is 4.70. The van der Waals surface area contributed by atoms with E-state index in [-0.39, 0.29) is 11.6 Å². The highest BCUT2D eigenvalue weighted by atomic mass is 19.4. The Morgan fingerprint density at radius 1 is 0.600 bits per heavy atom. The number of rotatable bonds is 10. The minimum atomic E-state index is -4.81. The van der Waals surface area contributed by atoms with Gasteiger partial charge in [0.05, 0.1) is 17.1 Å². The molecule has 0 aliphatic carbocycles. The van der Waals surface area contributed by atoms with Crippen LogP contribution in [0.1, 0.15) is 11.1 Å². The fraction of sp³-hybridized carbons (Fsp3) is 0.0833. The molecule has 0 unspecified atom stereocenters. The third-order valence-electron chi connectivity index (χ3n) is 6.88. The van der Waals surface area contributed by atoms with Crippen LogP contribution < -0.4 is 14.2 Å². The van der Waals surface area contributed by atoms with Crippen LogP contribution in [0.15, 0.2) is 133 Å². The molecule has 0 bridgehead atoms. The standard InChI is InChI=1S/C36H26F4N2O3/c37-29-14-11-27(12-15-29)32-22-33(42(41-32)30-16-18-31(19-17-30)45-36(38,39)40)28-13-20-34(43-23-25-7-3-1-4-8-25)35(21-28)44-24-26-9-5-2-6-10-26/h1-22H,23-24H2. The van der Waals surface area contributed by atoms with Crippen molar-refractivity contribution in [2.45, 2.75) is 19.6 Å². The topological polar surface area (TPSA) is 45.5 Å². The average molecular weight is 611 g/mol. The molecule has 5 nitrogen and oxygen atoms in total. The van der Waals surface area contributed by atoms with E-state index < -0.39 is 6.36 Å². The zero-order chi connectivity index (χ0) is 31.2. The van der Waals surface area contributed by atoms with Gasteiger partial charge in [-0.2, -0.15) is 5.10 Å². The van der Waals surface area contributed by atoms with E-state index in [0.717, 1.165) is 11.1 Å². The molecule has 0 amide bonds. The average Bonchev–Trinajstić information content (AvgIpc) is 3.49. The highest BCUT2D eigenvalue weighted by Gasteiger charge is 2.31. The third kappa shape index (κ3) is 7.51. The van der Waals surface area contributed by atoms with Crippen molar-refractivity contribution in [1.82, 2.24) is 9.78 Å². The van der Waals surface area contributed by atoms with Gasteiger partial charge in [-0.1, -0.05) is 60.7 Å². The first-order valence-corrected chi connectivity index (χ1v) is 14.0. The van der Waals surface area contributed by atoms with Gasteiger partial charge in [0.25, 0.3) is 0 Å². The minimum absolute atomic E-state index is 0.298. The number of aromatic nitrogens is 2. The third-order valence-corrected chi connectivity index (χ3v) is 6.88. The number of halogens is 4. The Hall–Kier alpha value is -5.57. The summed E-state index contributed by atoms with van der Waals surface area (Å²) in [5.74, 6) is 0.300. The number of hydrogen-bond donors (Lipinski definition) is 0. The number of hydrogen-bond acceptors (Lipinski definition) is 4. The first kappa shape index (κ1) is 29.5. The van der Waals surface area contributed by atoms with E-state index in [0.29, 0.717) is 52.9 Å². The van der Waals surface area contributed by atoms with Crippen LogP contribution in [0, 0.1) is 5.82 Å². The summed E-state index contributed by atoms with van der Waals surface area (Å²) >= 11 is 0. The molecule has 1 heterocycles. The van der Waals surface area contributed by atoms with Gasteiger partial charge >= 0.3 is 6.36 Å². The van der Waals surface area contributed by atoms with Crippen LogP contribution in [-0.4, -0.2) is 16.1 Å². The molecule has 5 aromatic carbocycles. The van der Waals surface area contributed by atoms with Gasteiger partial charge in [-0.25, -0.2) is 9.07 Å². The molecule has 9 heteroatoms. The maximum absolute atomic E-state index is 13.7. The number of ether oxygens (including phenoxy) is 3. The Labute approximate surface area is 256 Å². The lowest BCUT2D eigenvalue weighted by atomic mass is 10.1. The molecule has 6 rings (SSSR count). The summed E-state index contributed by atoms with van der Waals surface area (Å²) in [7, 11) is 0. The van der Waals surface area contributed by atoms with Gasteiger partial charge in [-0.05, 0) is 83.9 Å². The quantitative estimate of drug-likeness (QED) is 0.145. The van der Waals surface area contributed by atoms with Gasteiger partial charge in [0.15, 0.2) is 11.5 Å². The SMILES string of the molecule is Fc1ccc(-c2cc(-c3ccc(OCc4ccccc4)c(OCc4ccccc4)c3)n(-c3ccc(OC(F)(F)F)cc3)n2)cc1. The molecule has 0 aliphatic heterocycles. The van der Waals surface area contributed by atoms with E-state index >= 15 is 0 Å². The molecule has 0 saturated heterocycles. The maximum atomic E-state index is 13.7. The molecule has 0 aliphatic rings. The van der Waals surface area contributed by atoms with Crippen LogP contribution in [0.2, 0.25) is 0 Å². The number of alkyl halides is 3. The lowest BCUT2D eigenvalue weighted by molar-refractivity contribution is -0.274. The summed E-state index contributed by atoms with van der Waals surface area (Å²) in [6.07, 6.45) is -4.81. The largest absolute Gasteiger partial charge is 0.573 e. The molecule has 226 valence electrons. The van der Waals surface area contributed by atoms with Crippen molar-refractivity contribution in [3.63, 3.8) is 0 Å². The molecule has 0 radical (unpaired) electrons. The molecule has 1 aromatic heterocycles. The fourth-order valence-corrected chi connectivity index (χ4v) is 4.70. The Morgan fingerprint density at radius 2 is 1.18 bits per heavy atom. The number of nitrogens with zero attached hydrogens (tertiary/aromatic N) is 2. The second-order valence-corrected chi connectivity index (χ2v) is 10.1. The van der Waals surface area contributed by atoms with Crippen LogP contribution in [0.3, 0.4) is 0 Å². The van der Waals surface area contributed by atoms with Crippen LogP contribution in [0.4, 0.5) is 17.6 Å². The Kier molecular flexibility index (Phi) is 8.50. The molecular formula is C36H26F4N2O3. The normalized spacial score (nSPS) is 11.3. The summed E-state index contributed by atoms with van der Waals surface area (Å²) in [4.78, 5) is 0. The summed E-state index contributed by atoms with van der Waals surface area (Å²) in [5, 5.41) is 4.74. The highest BCUT2D eigenvalue weighted by molar-refractivity contribution is 5.72. The Bertz CT molecular complexity index is 1860. The number of benzene rings is 5. The molecule has 0 spiro atoms. The van der Waals surface area contributed by atoms with E-state index in [4.69, 9.17) is 14.6 Å². The molecule has 6 aromatic rings. The van der Waals surface area contributed by atoms with Gasteiger partial charge in [0.1, 0.15) is 24.8 Å². The van der Waals surface area contributed by atoms with Crippen molar-refractivity contribution >= 4 is 0 Å². The zero-order valence-corrected chi connectivity index (χ0v) is 23.7. The first-order chi connectivity index (χ1) is 21.8. The monoisotopic (exact) mass is 610 g/mol. The second kappa shape index (κ2) is 13.0. The van der Waals surface area contributed by atoms with Crippen LogP contribution in [0.25, 0.3) is 28.2 Å². The van der Waals surface area contributed by atoms with E-state index in [2.05, 4.69) is 4.74 Å². The molecule has 0 fully saturated rings. The van der Waals surface area contributed by atoms with Crippen molar-refractivity contribution in [3.8, 4) is 45.5 Å². The molecule has 0 saturated carbocycles. The van der Waals surface area contributed by atoms with Crippen LogP contribution in [0.5, 0.6) is 17.2 Å². The predicted molar refractivity (Wildman–Crippen MR) is 163 cm³/mol.